The quantitative estimate of drug-likeness (QED) is 0.545. The van der Waals surface area contributed by atoms with Gasteiger partial charge in [-0.25, -0.2) is 5.20 Å². The average Bonchev–Trinajstić information content (AvgIpc) is 2.33. The van der Waals surface area contributed by atoms with Crippen LogP contribution in [0.5, 0.6) is 0 Å². The number of rotatable bonds is 0. The molecule has 2 N–H and O–H groups in total. The number of hydrogen-bond acceptors (Lipinski definition) is 2. The van der Waals surface area contributed by atoms with Crippen molar-refractivity contribution < 1.29 is 0 Å². The van der Waals surface area contributed by atoms with Crippen LogP contribution in [0.25, 0.3) is 0 Å². The number of hydrazine groups is 1. The molecule has 0 saturated heterocycles. The van der Waals surface area contributed by atoms with Gasteiger partial charge >= 0.3 is 0 Å². The fraction of sp³-hybridized carbons (Fsp3) is 0.143. The maximum Gasteiger partial charge on any atom is 0.0581 e. The molecule has 0 aliphatic carbocycles. The SMILES string of the molecule is Cc1ccc2c(c1)NNP2. The van der Waals surface area contributed by atoms with Gasteiger partial charge in [-0.3, -0.25) is 0 Å². The normalized spacial score (nSPS) is 16.9. The molecule has 1 aliphatic heterocycles. The fourth-order valence-corrected chi connectivity index (χ4v) is 1.80. The summed E-state index contributed by atoms with van der Waals surface area (Å²) in [4.78, 5) is 0. The number of fused-ring (bicyclic) bond motifs is 1. The van der Waals surface area contributed by atoms with Crippen molar-refractivity contribution in [2.24, 2.45) is 0 Å². The molecule has 0 spiro atoms. The van der Waals surface area contributed by atoms with Crippen LogP contribution < -0.4 is 15.9 Å². The first kappa shape index (κ1) is 6.14. The molecule has 2 nitrogen and oxygen atoms in total. The van der Waals surface area contributed by atoms with E-state index in [1.165, 1.54) is 16.6 Å². The summed E-state index contributed by atoms with van der Waals surface area (Å²) in [5.74, 6) is 0. The molecule has 2 rings (SSSR count). The second-order valence-electron chi connectivity index (χ2n) is 2.42. The Labute approximate surface area is 61.8 Å². The van der Waals surface area contributed by atoms with E-state index in [9.17, 15) is 0 Å². The molecule has 1 aromatic carbocycles. The second kappa shape index (κ2) is 2.22. The number of nitrogens with one attached hydrogen (secondary N) is 2. The van der Waals surface area contributed by atoms with Crippen LogP contribution >= 0.6 is 8.73 Å². The van der Waals surface area contributed by atoms with Crippen molar-refractivity contribution in [2.75, 3.05) is 5.43 Å². The Hall–Kier alpha value is -0.590. The Kier molecular flexibility index (Phi) is 1.37. The smallest absolute Gasteiger partial charge is 0.0581 e. The van der Waals surface area contributed by atoms with E-state index in [4.69, 9.17) is 0 Å². The largest absolute Gasteiger partial charge is 0.317 e. The molecule has 0 saturated carbocycles. The Balaban J connectivity index is 2.52. The standard InChI is InChI=1S/C7H9N2P/c1-5-2-3-7-6(4-5)8-9-10-7/h2-4,8-10H,1H3. The second-order valence-corrected chi connectivity index (χ2v) is 3.46. The van der Waals surface area contributed by atoms with Crippen molar-refractivity contribution in [2.45, 2.75) is 6.92 Å². The van der Waals surface area contributed by atoms with E-state index < -0.39 is 0 Å². The van der Waals surface area contributed by atoms with Crippen LogP contribution in [0.1, 0.15) is 5.56 Å². The molecule has 10 heavy (non-hydrogen) atoms. The van der Waals surface area contributed by atoms with Crippen LogP contribution in [-0.4, -0.2) is 0 Å². The minimum Gasteiger partial charge on any atom is -0.317 e. The van der Waals surface area contributed by atoms with Gasteiger partial charge in [-0.1, -0.05) is 12.1 Å². The highest BCUT2D eigenvalue weighted by Crippen LogP contribution is 2.20. The van der Waals surface area contributed by atoms with E-state index in [0.717, 1.165) is 0 Å². The Bertz CT molecular complexity index is 260. The highest BCUT2D eigenvalue weighted by Gasteiger charge is 2.07. The van der Waals surface area contributed by atoms with Gasteiger partial charge in [-0.05, 0) is 18.6 Å². The van der Waals surface area contributed by atoms with Crippen molar-refractivity contribution in [3.63, 3.8) is 0 Å². The van der Waals surface area contributed by atoms with E-state index in [1.54, 1.807) is 0 Å². The van der Waals surface area contributed by atoms with Crippen LogP contribution in [0.4, 0.5) is 5.69 Å². The molecule has 52 valence electrons. The molecule has 0 radical (unpaired) electrons. The molecule has 1 unspecified atom stereocenters. The van der Waals surface area contributed by atoms with Gasteiger partial charge in [0.05, 0.1) is 5.69 Å². The van der Waals surface area contributed by atoms with E-state index in [0.29, 0.717) is 8.73 Å². The van der Waals surface area contributed by atoms with Gasteiger partial charge in [0, 0.05) is 14.0 Å². The van der Waals surface area contributed by atoms with Crippen LogP contribution in [0, 0.1) is 6.92 Å². The maximum atomic E-state index is 3.10. The summed E-state index contributed by atoms with van der Waals surface area (Å²) in [6.07, 6.45) is 0. The molecule has 0 fully saturated rings. The molecule has 1 aromatic rings. The van der Waals surface area contributed by atoms with Crippen LogP contribution in [0.2, 0.25) is 0 Å². The fourth-order valence-electron chi connectivity index (χ4n) is 1.04. The van der Waals surface area contributed by atoms with Gasteiger partial charge in [-0.15, -0.1) is 0 Å². The molecule has 0 bridgehead atoms. The van der Waals surface area contributed by atoms with Gasteiger partial charge in [0.1, 0.15) is 0 Å². The first-order chi connectivity index (χ1) is 4.86. The summed E-state index contributed by atoms with van der Waals surface area (Å²) in [5, 5.41) is 4.47. The Morgan fingerprint density at radius 2 is 2.30 bits per heavy atom. The number of anilines is 1. The molecule has 0 aromatic heterocycles. The highest BCUT2D eigenvalue weighted by atomic mass is 31.1. The number of aryl methyl sites for hydroxylation is 1. The minimum atomic E-state index is 0.715. The summed E-state index contributed by atoms with van der Waals surface area (Å²) in [5.41, 5.74) is 5.64. The van der Waals surface area contributed by atoms with E-state index in [2.05, 4.69) is 35.7 Å². The predicted octanol–water partition coefficient (Wildman–Crippen LogP) is 1.14. The first-order valence-corrected chi connectivity index (χ1v) is 4.24. The van der Waals surface area contributed by atoms with Gasteiger partial charge in [0.25, 0.3) is 0 Å². The third-order valence-corrected chi connectivity index (χ3v) is 2.52. The molecule has 3 heteroatoms. The minimum absolute atomic E-state index is 0.715. The third kappa shape index (κ3) is 0.898. The van der Waals surface area contributed by atoms with Crippen molar-refractivity contribution in [3.05, 3.63) is 23.8 Å². The van der Waals surface area contributed by atoms with Crippen LogP contribution in [0.3, 0.4) is 0 Å². The predicted molar refractivity (Wildman–Crippen MR) is 45.9 cm³/mol. The van der Waals surface area contributed by atoms with Gasteiger partial charge in [0.15, 0.2) is 0 Å². The Morgan fingerprint density at radius 1 is 1.40 bits per heavy atom. The molecular formula is C7H9N2P. The van der Waals surface area contributed by atoms with Crippen LogP contribution in [0.15, 0.2) is 18.2 Å². The lowest BCUT2D eigenvalue weighted by molar-refractivity contribution is 1.24. The van der Waals surface area contributed by atoms with Gasteiger partial charge < -0.3 is 5.43 Å². The number of benzene rings is 1. The van der Waals surface area contributed by atoms with Crippen molar-refractivity contribution in [3.8, 4) is 0 Å². The van der Waals surface area contributed by atoms with Crippen LogP contribution in [-0.2, 0) is 0 Å². The zero-order valence-electron chi connectivity index (χ0n) is 5.73. The lowest BCUT2D eigenvalue weighted by Gasteiger charge is -1.97. The lowest BCUT2D eigenvalue weighted by atomic mass is 10.2. The van der Waals surface area contributed by atoms with Crippen molar-refractivity contribution >= 4 is 19.7 Å². The van der Waals surface area contributed by atoms with E-state index in [1.807, 2.05) is 0 Å². The topological polar surface area (TPSA) is 24.1 Å². The summed E-state index contributed by atoms with van der Waals surface area (Å²) in [6.45, 7) is 2.10. The van der Waals surface area contributed by atoms with Gasteiger partial charge in [-0.2, -0.15) is 0 Å². The summed E-state index contributed by atoms with van der Waals surface area (Å²) in [6, 6.07) is 6.46. The van der Waals surface area contributed by atoms with E-state index in [-0.39, 0.29) is 0 Å². The highest BCUT2D eigenvalue weighted by molar-refractivity contribution is 7.46. The molecule has 1 heterocycles. The first-order valence-electron chi connectivity index (χ1n) is 3.24. The third-order valence-electron chi connectivity index (χ3n) is 1.57. The zero-order valence-corrected chi connectivity index (χ0v) is 6.73. The maximum absolute atomic E-state index is 3.10. The molecular weight excluding hydrogens is 143 g/mol. The lowest BCUT2D eigenvalue weighted by Crippen LogP contribution is -2.03. The van der Waals surface area contributed by atoms with E-state index >= 15 is 0 Å². The van der Waals surface area contributed by atoms with Crippen molar-refractivity contribution in [1.82, 2.24) is 5.20 Å². The summed E-state index contributed by atoms with van der Waals surface area (Å²) >= 11 is 0. The summed E-state index contributed by atoms with van der Waals surface area (Å²) < 4.78 is 0. The average molecular weight is 152 g/mol. The van der Waals surface area contributed by atoms with Crippen molar-refractivity contribution in [1.29, 1.82) is 0 Å². The molecule has 0 amide bonds. The van der Waals surface area contributed by atoms with Gasteiger partial charge in [0.2, 0.25) is 0 Å². The monoisotopic (exact) mass is 152 g/mol. The molecule has 1 aliphatic rings. The molecule has 1 atom stereocenters. The Morgan fingerprint density at radius 3 is 3.20 bits per heavy atom. The number of hydrogen-bond donors (Lipinski definition) is 2. The summed E-state index contributed by atoms with van der Waals surface area (Å²) in [7, 11) is 0.715. The zero-order chi connectivity index (χ0) is 6.97.